The molecule has 0 amide bonds. The van der Waals surface area contributed by atoms with Crippen LogP contribution in [0.25, 0.3) is 0 Å². The molecule has 0 spiro atoms. The van der Waals surface area contributed by atoms with E-state index in [1.165, 1.54) is 0 Å². The summed E-state index contributed by atoms with van der Waals surface area (Å²) < 4.78 is 10.7. The molecule has 2 N–H and O–H groups in total. The van der Waals surface area contributed by atoms with Gasteiger partial charge in [-0.1, -0.05) is 12.1 Å². The molecule has 0 fully saturated rings. The topological polar surface area (TPSA) is 70.3 Å². The Balaban J connectivity index is 2.04. The van der Waals surface area contributed by atoms with Crippen LogP contribution in [0.5, 0.6) is 11.8 Å². The minimum atomic E-state index is 0.0936. The first-order valence-corrected chi connectivity index (χ1v) is 6.49. The highest BCUT2D eigenvalue weighted by molar-refractivity contribution is 5.30. The van der Waals surface area contributed by atoms with Gasteiger partial charge in [-0.15, -0.1) is 0 Å². The maximum atomic E-state index is 5.73. The van der Waals surface area contributed by atoms with E-state index in [-0.39, 0.29) is 6.04 Å². The Morgan fingerprint density at radius 2 is 1.95 bits per heavy atom. The van der Waals surface area contributed by atoms with Crippen LogP contribution >= 0.6 is 0 Å². The molecule has 2 aromatic rings. The molecule has 1 aromatic heterocycles. The monoisotopic (exact) mass is 273 g/mol. The molecule has 1 atom stereocenters. The summed E-state index contributed by atoms with van der Waals surface area (Å²) in [5, 5.41) is 0. The lowest BCUT2D eigenvalue weighted by Crippen LogP contribution is -2.17. The highest BCUT2D eigenvalue weighted by atomic mass is 16.5. The molecule has 0 aliphatic carbocycles. The van der Waals surface area contributed by atoms with Crippen molar-refractivity contribution in [3.8, 4) is 11.8 Å². The van der Waals surface area contributed by atoms with Gasteiger partial charge in [-0.25, -0.2) is 9.97 Å². The summed E-state index contributed by atoms with van der Waals surface area (Å²) in [5.74, 6) is 0.694. The van der Waals surface area contributed by atoms with E-state index in [9.17, 15) is 0 Å². The zero-order chi connectivity index (χ0) is 14.4. The molecule has 1 aromatic carbocycles. The van der Waals surface area contributed by atoms with Gasteiger partial charge in [0.2, 0.25) is 0 Å². The van der Waals surface area contributed by atoms with Crippen molar-refractivity contribution in [3.63, 3.8) is 0 Å². The van der Waals surface area contributed by atoms with Gasteiger partial charge >= 0.3 is 6.01 Å². The van der Waals surface area contributed by atoms with Crippen molar-refractivity contribution in [1.82, 2.24) is 9.97 Å². The van der Waals surface area contributed by atoms with E-state index in [1.807, 2.05) is 31.2 Å². The fourth-order valence-electron chi connectivity index (χ4n) is 1.84. The van der Waals surface area contributed by atoms with Gasteiger partial charge in [0.1, 0.15) is 5.75 Å². The number of hydrogen-bond donors (Lipinski definition) is 1. The van der Waals surface area contributed by atoms with E-state index in [0.717, 1.165) is 17.5 Å². The third-order valence-electron chi connectivity index (χ3n) is 2.66. The molecule has 0 saturated carbocycles. The maximum absolute atomic E-state index is 5.73. The number of hydrogen-bond acceptors (Lipinski definition) is 5. The predicted molar refractivity (Wildman–Crippen MR) is 76.6 cm³/mol. The van der Waals surface area contributed by atoms with Crippen molar-refractivity contribution in [1.29, 1.82) is 0 Å². The predicted octanol–water partition coefficient (Wildman–Crippen LogP) is 2.31. The molecule has 0 bridgehead atoms. The lowest BCUT2D eigenvalue weighted by molar-refractivity contribution is 0.184. The van der Waals surface area contributed by atoms with Crippen LogP contribution in [-0.2, 0) is 17.8 Å². The second kappa shape index (κ2) is 6.98. The summed E-state index contributed by atoms with van der Waals surface area (Å²) in [6.45, 7) is 2.50. The van der Waals surface area contributed by atoms with E-state index in [1.54, 1.807) is 19.5 Å². The van der Waals surface area contributed by atoms with Crippen molar-refractivity contribution in [2.45, 2.75) is 26.0 Å². The van der Waals surface area contributed by atoms with Crippen LogP contribution in [0, 0.1) is 0 Å². The Hall–Kier alpha value is -1.98. The quantitative estimate of drug-likeness (QED) is 0.874. The number of rotatable bonds is 6. The van der Waals surface area contributed by atoms with Gasteiger partial charge in [0.15, 0.2) is 0 Å². The van der Waals surface area contributed by atoms with Crippen LogP contribution in [0.1, 0.15) is 18.1 Å². The zero-order valence-electron chi connectivity index (χ0n) is 11.7. The van der Waals surface area contributed by atoms with Gasteiger partial charge in [0.25, 0.3) is 0 Å². The van der Waals surface area contributed by atoms with E-state index < -0.39 is 0 Å². The molecule has 0 radical (unpaired) electrons. The summed E-state index contributed by atoms with van der Waals surface area (Å²) in [6, 6.07) is 8.07. The standard InChI is InChI=1S/C15H19N3O2/c1-11(16)6-13-8-17-15(18-9-13)20-14-5-3-4-12(7-14)10-19-2/h3-5,7-9,11H,6,10,16H2,1-2H3. The lowest BCUT2D eigenvalue weighted by Gasteiger charge is -2.07. The number of aromatic nitrogens is 2. The molecule has 5 nitrogen and oxygen atoms in total. The third-order valence-corrected chi connectivity index (χ3v) is 2.66. The second-order valence-corrected chi connectivity index (χ2v) is 4.74. The molecular weight excluding hydrogens is 254 g/mol. The van der Waals surface area contributed by atoms with Crippen molar-refractivity contribution in [2.75, 3.05) is 7.11 Å². The van der Waals surface area contributed by atoms with E-state index >= 15 is 0 Å². The highest BCUT2D eigenvalue weighted by Crippen LogP contribution is 2.19. The summed E-state index contributed by atoms with van der Waals surface area (Å²) in [4.78, 5) is 8.37. The van der Waals surface area contributed by atoms with Crippen LogP contribution in [0.15, 0.2) is 36.7 Å². The van der Waals surface area contributed by atoms with Crippen molar-refractivity contribution in [2.24, 2.45) is 5.73 Å². The first-order chi connectivity index (χ1) is 9.67. The Morgan fingerprint density at radius 3 is 2.60 bits per heavy atom. The smallest absolute Gasteiger partial charge is 0.321 e. The molecule has 0 aliphatic heterocycles. The third kappa shape index (κ3) is 4.29. The Labute approximate surface area is 118 Å². The first-order valence-electron chi connectivity index (χ1n) is 6.49. The lowest BCUT2D eigenvalue weighted by atomic mass is 10.1. The summed E-state index contributed by atoms with van der Waals surface area (Å²) in [7, 11) is 1.66. The molecule has 5 heteroatoms. The van der Waals surface area contributed by atoms with Gasteiger partial charge < -0.3 is 15.2 Å². The molecule has 0 saturated heterocycles. The number of ether oxygens (including phenoxy) is 2. The van der Waals surface area contributed by atoms with Crippen molar-refractivity contribution < 1.29 is 9.47 Å². The molecule has 1 heterocycles. The van der Waals surface area contributed by atoms with E-state index in [4.69, 9.17) is 15.2 Å². The van der Waals surface area contributed by atoms with Gasteiger partial charge in [-0.05, 0) is 36.6 Å². The molecule has 2 rings (SSSR count). The van der Waals surface area contributed by atoms with Gasteiger partial charge in [-0.2, -0.15) is 0 Å². The molecule has 0 aliphatic rings. The Morgan fingerprint density at radius 1 is 1.20 bits per heavy atom. The molecule has 1 unspecified atom stereocenters. The average molecular weight is 273 g/mol. The van der Waals surface area contributed by atoms with Crippen LogP contribution in [-0.4, -0.2) is 23.1 Å². The fraction of sp³-hybridized carbons (Fsp3) is 0.333. The van der Waals surface area contributed by atoms with E-state index in [0.29, 0.717) is 18.4 Å². The number of methoxy groups -OCH3 is 1. The zero-order valence-corrected chi connectivity index (χ0v) is 11.7. The minimum Gasteiger partial charge on any atom is -0.424 e. The first kappa shape index (κ1) is 14.4. The van der Waals surface area contributed by atoms with Crippen molar-refractivity contribution >= 4 is 0 Å². The largest absolute Gasteiger partial charge is 0.424 e. The summed E-state index contributed by atoms with van der Waals surface area (Å²) >= 11 is 0. The number of nitrogens with zero attached hydrogens (tertiary/aromatic N) is 2. The summed E-state index contributed by atoms with van der Waals surface area (Å²) in [5.41, 5.74) is 7.77. The Kier molecular flexibility index (Phi) is 5.03. The minimum absolute atomic E-state index is 0.0936. The Bertz CT molecular complexity index is 541. The fourth-order valence-corrected chi connectivity index (χ4v) is 1.84. The van der Waals surface area contributed by atoms with E-state index in [2.05, 4.69) is 9.97 Å². The number of benzene rings is 1. The van der Waals surface area contributed by atoms with Crippen LogP contribution in [0.4, 0.5) is 0 Å². The van der Waals surface area contributed by atoms with Gasteiger partial charge in [0, 0.05) is 25.5 Å². The maximum Gasteiger partial charge on any atom is 0.321 e. The summed E-state index contributed by atoms with van der Waals surface area (Å²) in [6.07, 6.45) is 4.24. The van der Waals surface area contributed by atoms with Gasteiger partial charge in [0.05, 0.1) is 6.61 Å². The molecular formula is C15H19N3O2. The molecule has 106 valence electrons. The van der Waals surface area contributed by atoms with Crippen LogP contribution in [0.3, 0.4) is 0 Å². The SMILES string of the molecule is COCc1cccc(Oc2ncc(CC(C)N)cn2)c1. The highest BCUT2D eigenvalue weighted by Gasteiger charge is 2.03. The molecule has 20 heavy (non-hydrogen) atoms. The van der Waals surface area contributed by atoms with Crippen LogP contribution in [0.2, 0.25) is 0 Å². The average Bonchev–Trinajstić information content (AvgIpc) is 2.41. The van der Waals surface area contributed by atoms with Crippen LogP contribution < -0.4 is 10.5 Å². The van der Waals surface area contributed by atoms with Crippen molar-refractivity contribution in [3.05, 3.63) is 47.8 Å². The van der Waals surface area contributed by atoms with Gasteiger partial charge in [-0.3, -0.25) is 0 Å². The normalized spacial score (nSPS) is 12.2. The number of nitrogens with two attached hydrogens (primary N) is 1. The second-order valence-electron chi connectivity index (χ2n) is 4.74.